The van der Waals surface area contributed by atoms with Crippen molar-refractivity contribution in [3.63, 3.8) is 0 Å². The Bertz CT molecular complexity index is 797. The number of ether oxygens (including phenoxy) is 1. The van der Waals surface area contributed by atoms with Crippen molar-refractivity contribution in [2.45, 2.75) is 20.3 Å². The maximum atomic E-state index is 13.1. The number of carbonyl (C=O) groups excluding carboxylic acids is 2. The average molecular weight is 409 g/mol. The molecule has 0 aromatic carbocycles. The van der Waals surface area contributed by atoms with Gasteiger partial charge in [-0.15, -0.1) is 0 Å². The Morgan fingerprint density at radius 2 is 1.84 bits per heavy atom. The zero-order valence-electron chi connectivity index (χ0n) is 14.4. The molecule has 0 unspecified atom stereocenters. The number of halogens is 1. The molecule has 1 aliphatic rings. The fraction of sp³-hybridized carbons (Fsp3) is 0.471. The Kier molecular flexibility index (Phi) is 5.27. The monoisotopic (exact) mass is 408 g/mol. The van der Waals surface area contributed by atoms with Crippen LogP contribution in [0.3, 0.4) is 0 Å². The molecule has 1 saturated heterocycles. The first-order valence-electron chi connectivity index (χ1n) is 8.42. The highest BCUT2D eigenvalue weighted by atomic mass is 79.9. The molecule has 3 heterocycles. The van der Waals surface area contributed by atoms with E-state index in [0.717, 1.165) is 15.8 Å². The summed E-state index contributed by atoms with van der Waals surface area (Å²) in [7, 11) is 0. The van der Waals surface area contributed by atoms with Gasteiger partial charge in [-0.25, -0.2) is 9.78 Å². The summed E-state index contributed by atoms with van der Waals surface area (Å²) in [5.74, 6) is -0.0500. The number of carbonyl (C=O) groups is 2. The summed E-state index contributed by atoms with van der Waals surface area (Å²) < 4.78 is 7.75. The molecule has 3 rings (SSSR count). The standard InChI is InChI=1S/C17H21BrN4O3/c1-3-13-15(22-11-12(18)5-6-14(22)19-13)16(23)20-7-9-21(10-8-20)17(24)25-4-2/h5-6,11H,3-4,7-10H2,1-2H3. The third kappa shape index (κ3) is 3.49. The summed E-state index contributed by atoms with van der Waals surface area (Å²) in [5.41, 5.74) is 2.15. The molecule has 0 atom stereocenters. The quantitative estimate of drug-likeness (QED) is 0.782. The van der Waals surface area contributed by atoms with E-state index in [1.165, 1.54) is 0 Å². The number of hydrogen-bond acceptors (Lipinski definition) is 4. The minimum absolute atomic E-state index is 0.0500. The van der Waals surface area contributed by atoms with Crippen molar-refractivity contribution < 1.29 is 14.3 Å². The number of hydrogen-bond donors (Lipinski definition) is 0. The van der Waals surface area contributed by atoms with Gasteiger partial charge in [-0.2, -0.15) is 0 Å². The minimum atomic E-state index is -0.317. The van der Waals surface area contributed by atoms with Gasteiger partial charge < -0.3 is 14.5 Å². The number of rotatable bonds is 3. The fourth-order valence-corrected chi connectivity index (χ4v) is 3.33. The minimum Gasteiger partial charge on any atom is -0.450 e. The normalized spacial score (nSPS) is 14.8. The van der Waals surface area contributed by atoms with Crippen LogP contribution in [0.5, 0.6) is 0 Å². The van der Waals surface area contributed by atoms with E-state index >= 15 is 0 Å². The van der Waals surface area contributed by atoms with Crippen molar-refractivity contribution in [3.05, 3.63) is 34.2 Å². The van der Waals surface area contributed by atoms with Gasteiger partial charge in [-0.1, -0.05) is 6.92 Å². The van der Waals surface area contributed by atoms with E-state index in [9.17, 15) is 9.59 Å². The summed E-state index contributed by atoms with van der Waals surface area (Å²) >= 11 is 3.45. The number of piperazine rings is 1. The smallest absolute Gasteiger partial charge is 0.409 e. The van der Waals surface area contributed by atoms with Gasteiger partial charge in [0.25, 0.3) is 5.91 Å². The van der Waals surface area contributed by atoms with Crippen LogP contribution in [0.4, 0.5) is 4.79 Å². The Morgan fingerprint density at radius 3 is 2.48 bits per heavy atom. The van der Waals surface area contributed by atoms with Crippen molar-refractivity contribution >= 4 is 33.6 Å². The van der Waals surface area contributed by atoms with E-state index in [2.05, 4.69) is 20.9 Å². The predicted molar refractivity (Wildman–Crippen MR) is 96.8 cm³/mol. The van der Waals surface area contributed by atoms with Crippen LogP contribution in [0, 0.1) is 0 Å². The molecule has 7 nitrogen and oxygen atoms in total. The number of aryl methyl sites for hydroxylation is 1. The molecular weight excluding hydrogens is 388 g/mol. The first-order valence-corrected chi connectivity index (χ1v) is 9.21. The molecule has 25 heavy (non-hydrogen) atoms. The molecule has 0 N–H and O–H groups in total. The number of aromatic nitrogens is 2. The van der Waals surface area contributed by atoms with Gasteiger partial charge in [0, 0.05) is 36.8 Å². The Balaban J connectivity index is 1.81. The molecule has 134 valence electrons. The second-order valence-corrected chi connectivity index (χ2v) is 6.73. The van der Waals surface area contributed by atoms with Crippen molar-refractivity contribution in [3.8, 4) is 0 Å². The van der Waals surface area contributed by atoms with Gasteiger partial charge in [0.2, 0.25) is 0 Å². The molecule has 0 aliphatic carbocycles. The second kappa shape index (κ2) is 7.43. The highest BCUT2D eigenvalue weighted by molar-refractivity contribution is 9.10. The zero-order valence-corrected chi connectivity index (χ0v) is 16.0. The largest absolute Gasteiger partial charge is 0.450 e. The summed E-state index contributed by atoms with van der Waals surface area (Å²) in [5, 5.41) is 0. The van der Waals surface area contributed by atoms with Crippen LogP contribution >= 0.6 is 15.9 Å². The van der Waals surface area contributed by atoms with Crippen molar-refractivity contribution in [2.24, 2.45) is 0 Å². The fourth-order valence-electron chi connectivity index (χ4n) is 3.00. The second-order valence-electron chi connectivity index (χ2n) is 5.81. The van der Waals surface area contributed by atoms with E-state index in [4.69, 9.17) is 4.74 Å². The van der Waals surface area contributed by atoms with E-state index in [0.29, 0.717) is 44.9 Å². The molecule has 1 aliphatic heterocycles. The van der Waals surface area contributed by atoms with E-state index in [-0.39, 0.29) is 12.0 Å². The Morgan fingerprint density at radius 1 is 1.16 bits per heavy atom. The molecule has 2 aromatic rings. The number of nitrogens with zero attached hydrogens (tertiary/aromatic N) is 4. The van der Waals surface area contributed by atoms with Crippen LogP contribution in [0.15, 0.2) is 22.8 Å². The number of pyridine rings is 1. The molecule has 0 bridgehead atoms. The first-order chi connectivity index (χ1) is 12.0. The third-order valence-electron chi connectivity index (χ3n) is 4.28. The highest BCUT2D eigenvalue weighted by Crippen LogP contribution is 2.20. The van der Waals surface area contributed by atoms with Crippen LogP contribution in [-0.4, -0.2) is 64.0 Å². The summed E-state index contributed by atoms with van der Waals surface area (Å²) in [6.45, 7) is 6.07. The predicted octanol–water partition coefficient (Wildman–Crippen LogP) is 2.57. The first kappa shape index (κ1) is 17.7. The maximum absolute atomic E-state index is 13.1. The van der Waals surface area contributed by atoms with Gasteiger partial charge in [0.1, 0.15) is 11.3 Å². The number of amides is 2. The molecule has 0 saturated carbocycles. The van der Waals surface area contributed by atoms with Gasteiger partial charge in [-0.05, 0) is 41.4 Å². The lowest BCUT2D eigenvalue weighted by molar-refractivity contribution is 0.0564. The van der Waals surface area contributed by atoms with Crippen LogP contribution in [0.1, 0.15) is 30.0 Å². The van der Waals surface area contributed by atoms with Crippen molar-refractivity contribution in [2.75, 3.05) is 32.8 Å². The van der Waals surface area contributed by atoms with E-state index < -0.39 is 0 Å². The molecule has 2 amide bonds. The number of fused-ring (bicyclic) bond motifs is 1. The molecular formula is C17H21BrN4O3. The third-order valence-corrected chi connectivity index (χ3v) is 4.75. The molecule has 0 spiro atoms. The van der Waals surface area contributed by atoms with Crippen LogP contribution in [0.2, 0.25) is 0 Å². The maximum Gasteiger partial charge on any atom is 0.409 e. The topological polar surface area (TPSA) is 67.2 Å². The van der Waals surface area contributed by atoms with Gasteiger partial charge in [0.15, 0.2) is 0 Å². The highest BCUT2D eigenvalue weighted by Gasteiger charge is 2.28. The van der Waals surface area contributed by atoms with Gasteiger partial charge in [-0.3, -0.25) is 9.20 Å². The Hall–Kier alpha value is -2.09. The van der Waals surface area contributed by atoms with E-state index in [1.807, 2.05) is 29.7 Å². The summed E-state index contributed by atoms with van der Waals surface area (Å²) in [6, 6.07) is 3.80. The average Bonchev–Trinajstić information content (AvgIpc) is 2.99. The van der Waals surface area contributed by atoms with Gasteiger partial charge >= 0.3 is 6.09 Å². The van der Waals surface area contributed by atoms with Gasteiger partial charge in [0.05, 0.1) is 12.3 Å². The summed E-state index contributed by atoms with van der Waals surface area (Å²) in [6.07, 6.45) is 2.23. The number of imidazole rings is 1. The lowest BCUT2D eigenvalue weighted by Gasteiger charge is -2.34. The van der Waals surface area contributed by atoms with Crippen LogP contribution < -0.4 is 0 Å². The zero-order chi connectivity index (χ0) is 18.0. The van der Waals surface area contributed by atoms with Crippen LogP contribution in [-0.2, 0) is 11.2 Å². The molecule has 8 heteroatoms. The molecule has 0 radical (unpaired) electrons. The van der Waals surface area contributed by atoms with E-state index in [1.54, 1.807) is 16.7 Å². The SMILES string of the molecule is CCOC(=O)N1CCN(C(=O)c2c(CC)nc3ccc(Br)cn23)CC1. The van der Waals surface area contributed by atoms with Crippen molar-refractivity contribution in [1.82, 2.24) is 19.2 Å². The molecule has 2 aromatic heterocycles. The lowest BCUT2D eigenvalue weighted by Crippen LogP contribution is -2.51. The lowest BCUT2D eigenvalue weighted by atomic mass is 10.2. The Labute approximate surface area is 154 Å². The van der Waals surface area contributed by atoms with Crippen molar-refractivity contribution in [1.29, 1.82) is 0 Å². The molecule has 1 fully saturated rings. The summed E-state index contributed by atoms with van der Waals surface area (Å²) in [4.78, 5) is 32.9. The van der Waals surface area contributed by atoms with Crippen LogP contribution in [0.25, 0.3) is 5.65 Å².